The molecular weight excluding hydrogens is 386 g/mol. The first-order chi connectivity index (χ1) is 15.2. The minimum Gasteiger partial charge on any atom is -0.493 e. The van der Waals surface area contributed by atoms with Crippen molar-refractivity contribution in [2.45, 2.75) is 13.0 Å². The Labute approximate surface area is 182 Å². The van der Waals surface area contributed by atoms with Gasteiger partial charge in [0.25, 0.3) is 0 Å². The Morgan fingerprint density at radius 3 is 1.97 bits per heavy atom. The summed E-state index contributed by atoms with van der Waals surface area (Å²) in [4.78, 5) is 10.9. The fourth-order valence-electron chi connectivity index (χ4n) is 3.86. The number of nitrogens with zero attached hydrogens (tertiary/aromatic N) is 3. The summed E-state index contributed by atoms with van der Waals surface area (Å²) in [6.07, 6.45) is 7.32. The number of anilines is 2. The van der Waals surface area contributed by atoms with Crippen LogP contribution < -0.4 is 14.4 Å². The van der Waals surface area contributed by atoms with Crippen LogP contribution in [0.5, 0.6) is 11.5 Å². The van der Waals surface area contributed by atoms with Gasteiger partial charge in [-0.15, -0.1) is 0 Å². The van der Waals surface area contributed by atoms with Gasteiger partial charge in [-0.25, -0.2) is 0 Å². The third-order valence-corrected chi connectivity index (χ3v) is 5.34. The monoisotopic (exact) mass is 411 g/mol. The maximum Gasteiger partial charge on any atom is 0.161 e. The van der Waals surface area contributed by atoms with E-state index >= 15 is 0 Å². The van der Waals surface area contributed by atoms with Gasteiger partial charge in [-0.3, -0.25) is 9.97 Å². The third-order valence-electron chi connectivity index (χ3n) is 5.34. The van der Waals surface area contributed by atoms with Crippen molar-refractivity contribution in [3.63, 3.8) is 0 Å². The van der Waals surface area contributed by atoms with Gasteiger partial charge in [0.15, 0.2) is 11.5 Å². The first-order valence-electron chi connectivity index (χ1n) is 10.1. The molecule has 0 saturated heterocycles. The fraction of sp³-hybridized carbons (Fsp3) is 0.154. The van der Waals surface area contributed by atoms with Crippen molar-refractivity contribution in [3.8, 4) is 22.6 Å². The molecule has 2 aromatic carbocycles. The van der Waals surface area contributed by atoms with Crippen LogP contribution in [0.2, 0.25) is 0 Å². The van der Waals surface area contributed by atoms with Crippen LogP contribution in [-0.2, 0) is 0 Å². The molecule has 5 nitrogen and oxygen atoms in total. The molecule has 5 heteroatoms. The van der Waals surface area contributed by atoms with Crippen LogP contribution >= 0.6 is 0 Å². The molecule has 31 heavy (non-hydrogen) atoms. The molecule has 4 aromatic rings. The van der Waals surface area contributed by atoms with Crippen LogP contribution in [0, 0.1) is 0 Å². The van der Waals surface area contributed by atoms with Crippen molar-refractivity contribution in [2.24, 2.45) is 0 Å². The second-order valence-corrected chi connectivity index (χ2v) is 7.13. The Bertz CT molecular complexity index is 1090. The molecule has 0 aliphatic rings. The van der Waals surface area contributed by atoms with E-state index in [1.54, 1.807) is 26.6 Å². The molecule has 0 aliphatic heterocycles. The minimum absolute atomic E-state index is 0.0256. The largest absolute Gasteiger partial charge is 0.493 e. The number of rotatable bonds is 7. The van der Waals surface area contributed by atoms with E-state index in [0.29, 0.717) is 11.5 Å². The minimum atomic E-state index is 0.0256. The van der Waals surface area contributed by atoms with Gasteiger partial charge in [0.1, 0.15) is 0 Å². The molecular formula is C26H25N3O2. The molecule has 2 heterocycles. The van der Waals surface area contributed by atoms with Gasteiger partial charge >= 0.3 is 0 Å². The van der Waals surface area contributed by atoms with Gasteiger partial charge in [0, 0.05) is 12.4 Å². The van der Waals surface area contributed by atoms with Crippen molar-refractivity contribution in [1.82, 2.24) is 9.97 Å². The maximum atomic E-state index is 5.53. The molecule has 0 fully saturated rings. The highest BCUT2D eigenvalue weighted by Crippen LogP contribution is 2.40. The van der Waals surface area contributed by atoms with E-state index < -0.39 is 0 Å². The standard InChI is InChI=1S/C26H25N3O2/c1-19(29(21-8-6-14-27-17-21)22-9-7-15-28-18-22)23-10-4-5-11-24(23)20-12-13-25(30-2)26(16-20)31-3/h4-19H,1-3H3. The quantitative estimate of drug-likeness (QED) is 0.370. The average Bonchev–Trinajstić information content (AvgIpc) is 2.85. The molecule has 2 aromatic heterocycles. The summed E-state index contributed by atoms with van der Waals surface area (Å²) in [6, 6.07) is 22.5. The molecule has 0 spiro atoms. The number of methoxy groups -OCH3 is 2. The van der Waals surface area contributed by atoms with Gasteiger partial charge in [-0.2, -0.15) is 0 Å². The van der Waals surface area contributed by atoms with Crippen LogP contribution in [0.4, 0.5) is 11.4 Å². The summed E-state index contributed by atoms with van der Waals surface area (Å²) in [5.41, 5.74) is 5.39. The van der Waals surface area contributed by atoms with Gasteiger partial charge in [-0.1, -0.05) is 30.3 Å². The normalized spacial score (nSPS) is 11.6. The molecule has 0 radical (unpaired) electrons. The molecule has 1 unspecified atom stereocenters. The molecule has 0 aliphatic carbocycles. The summed E-state index contributed by atoms with van der Waals surface area (Å²) in [5, 5.41) is 0. The van der Waals surface area contributed by atoms with Crippen molar-refractivity contribution >= 4 is 11.4 Å². The molecule has 4 rings (SSSR count). The summed E-state index contributed by atoms with van der Waals surface area (Å²) >= 11 is 0. The molecule has 1 atom stereocenters. The van der Waals surface area contributed by atoms with Crippen LogP contribution in [0.25, 0.3) is 11.1 Å². The first kappa shape index (κ1) is 20.4. The summed E-state index contributed by atoms with van der Waals surface area (Å²) in [6.45, 7) is 2.19. The average molecular weight is 412 g/mol. The number of benzene rings is 2. The lowest BCUT2D eigenvalue weighted by atomic mass is 9.94. The highest BCUT2D eigenvalue weighted by atomic mass is 16.5. The van der Waals surface area contributed by atoms with Gasteiger partial charge < -0.3 is 14.4 Å². The summed E-state index contributed by atoms with van der Waals surface area (Å²) in [5.74, 6) is 1.42. The third kappa shape index (κ3) is 4.21. The highest BCUT2D eigenvalue weighted by molar-refractivity contribution is 5.73. The summed E-state index contributed by atoms with van der Waals surface area (Å²) in [7, 11) is 3.30. The second-order valence-electron chi connectivity index (χ2n) is 7.13. The van der Waals surface area contributed by atoms with E-state index in [1.165, 1.54) is 5.56 Å². The van der Waals surface area contributed by atoms with Gasteiger partial charge in [0.05, 0.1) is 44.0 Å². The van der Waals surface area contributed by atoms with Crippen LogP contribution in [0.1, 0.15) is 18.5 Å². The number of hydrogen-bond donors (Lipinski definition) is 0. The van der Waals surface area contributed by atoms with Crippen molar-refractivity contribution in [1.29, 1.82) is 0 Å². The van der Waals surface area contributed by atoms with Crippen molar-refractivity contribution in [3.05, 3.63) is 97.1 Å². The van der Waals surface area contributed by atoms with E-state index in [2.05, 4.69) is 64.3 Å². The lowest BCUT2D eigenvalue weighted by Gasteiger charge is -2.32. The smallest absolute Gasteiger partial charge is 0.161 e. The van der Waals surface area contributed by atoms with E-state index in [4.69, 9.17) is 9.47 Å². The summed E-state index contributed by atoms with van der Waals surface area (Å²) < 4.78 is 10.9. The van der Waals surface area contributed by atoms with Crippen molar-refractivity contribution < 1.29 is 9.47 Å². The Morgan fingerprint density at radius 2 is 1.39 bits per heavy atom. The fourth-order valence-corrected chi connectivity index (χ4v) is 3.86. The zero-order valence-corrected chi connectivity index (χ0v) is 17.9. The molecule has 0 bridgehead atoms. The lowest BCUT2D eigenvalue weighted by Crippen LogP contribution is -2.22. The van der Waals surface area contributed by atoms with E-state index in [0.717, 1.165) is 22.5 Å². The Hall–Kier alpha value is -3.86. The molecule has 156 valence electrons. The molecule has 0 N–H and O–H groups in total. The Kier molecular flexibility index (Phi) is 6.13. The SMILES string of the molecule is COc1ccc(-c2ccccc2C(C)N(c2cccnc2)c2cccnc2)cc1OC. The Balaban J connectivity index is 1.82. The zero-order valence-electron chi connectivity index (χ0n) is 17.9. The van der Waals surface area contributed by atoms with Gasteiger partial charge in [-0.05, 0) is 60.0 Å². The molecule has 0 amide bonds. The maximum absolute atomic E-state index is 5.53. The molecule has 0 saturated carbocycles. The first-order valence-corrected chi connectivity index (χ1v) is 10.1. The van der Waals surface area contributed by atoms with Crippen LogP contribution in [0.3, 0.4) is 0 Å². The number of pyridine rings is 2. The zero-order chi connectivity index (χ0) is 21.6. The Morgan fingerprint density at radius 1 is 0.742 bits per heavy atom. The van der Waals surface area contributed by atoms with Crippen molar-refractivity contribution in [2.75, 3.05) is 19.1 Å². The van der Waals surface area contributed by atoms with E-state index in [9.17, 15) is 0 Å². The van der Waals surface area contributed by atoms with Crippen LogP contribution in [0.15, 0.2) is 91.5 Å². The lowest BCUT2D eigenvalue weighted by molar-refractivity contribution is 0.355. The second kappa shape index (κ2) is 9.30. The van der Waals surface area contributed by atoms with E-state index in [-0.39, 0.29) is 6.04 Å². The number of ether oxygens (including phenoxy) is 2. The van der Waals surface area contributed by atoms with E-state index in [1.807, 2.05) is 36.7 Å². The number of aromatic nitrogens is 2. The van der Waals surface area contributed by atoms with Gasteiger partial charge in [0.2, 0.25) is 0 Å². The predicted octanol–water partition coefficient (Wildman–Crippen LogP) is 6.06. The predicted molar refractivity (Wildman–Crippen MR) is 124 cm³/mol. The highest BCUT2D eigenvalue weighted by Gasteiger charge is 2.22. The van der Waals surface area contributed by atoms with Crippen LogP contribution in [-0.4, -0.2) is 24.2 Å². The number of hydrogen-bond acceptors (Lipinski definition) is 5. The topological polar surface area (TPSA) is 47.5 Å².